The third-order valence-corrected chi connectivity index (χ3v) is 15.2. The van der Waals surface area contributed by atoms with Gasteiger partial charge in [0.2, 0.25) is 6.41 Å². The van der Waals surface area contributed by atoms with Crippen LogP contribution in [0.5, 0.6) is 0 Å². The molecule has 0 saturated carbocycles. The Morgan fingerprint density at radius 1 is 0.952 bits per heavy atom. The quantitative estimate of drug-likeness (QED) is 0.157. The highest BCUT2D eigenvalue weighted by molar-refractivity contribution is 7.74. The SMILES string of the molecule is CC(C)CC1CCC=C(OP(=O)(c2ccccc2)c2ccccc2)N(C(O)OC(C)(C)C)C1CO[Si](C)(C)C(C)(C)C. The van der Waals surface area contributed by atoms with Crippen LogP contribution in [0.2, 0.25) is 18.1 Å². The lowest BCUT2D eigenvalue weighted by Gasteiger charge is -2.45. The Bertz CT molecular complexity index is 1160. The summed E-state index contributed by atoms with van der Waals surface area (Å²) in [6.07, 6.45) is 3.24. The third-order valence-electron chi connectivity index (χ3n) is 8.32. The minimum Gasteiger partial charge on any atom is -0.421 e. The third kappa shape index (κ3) is 8.83. The smallest absolute Gasteiger partial charge is 0.307 e. The Morgan fingerprint density at radius 3 is 1.93 bits per heavy atom. The lowest BCUT2D eigenvalue weighted by molar-refractivity contribution is -0.250. The highest BCUT2D eigenvalue weighted by Crippen LogP contribution is 2.49. The molecule has 0 spiro atoms. The van der Waals surface area contributed by atoms with Crippen LogP contribution in [-0.4, -0.2) is 43.0 Å². The second kappa shape index (κ2) is 13.8. The van der Waals surface area contributed by atoms with Crippen molar-refractivity contribution < 1.29 is 23.4 Å². The molecule has 1 aliphatic rings. The Labute approximate surface area is 256 Å². The molecule has 0 saturated heterocycles. The van der Waals surface area contributed by atoms with Crippen LogP contribution in [0, 0.1) is 11.8 Å². The number of ether oxygens (including phenoxy) is 1. The van der Waals surface area contributed by atoms with Gasteiger partial charge in [0, 0.05) is 0 Å². The summed E-state index contributed by atoms with van der Waals surface area (Å²) in [4.78, 5) is 1.82. The Hall–Kier alpha value is -1.89. The zero-order valence-corrected chi connectivity index (χ0v) is 29.4. The molecule has 42 heavy (non-hydrogen) atoms. The van der Waals surface area contributed by atoms with Crippen molar-refractivity contribution >= 4 is 26.3 Å². The summed E-state index contributed by atoms with van der Waals surface area (Å²) in [5.74, 6) is 1.03. The van der Waals surface area contributed by atoms with Gasteiger partial charge in [-0.1, -0.05) is 71.0 Å². The van der Waals surface area contributed by atoms with Crippen molar-refractivity contribution in [1.82, 2.24) is 4.90 Å². The number of allylic oxidation sites excluding steroid dienone is 1. The van der Waals surface area contributed by atoms with E-state index in [-0.39, 0.29) is 17.0 Å². The van der Waals surface area contributed by atoms with Gasteiger partial charge in [-0.15, -0.1) is 0 Å². The predicted octanol–water partition coefficient (Wildman–Crippen LogP) is 8.01. The van der Waals surface area contributed by atoms with E-state index in [0.29, 0.717) is 29.0 Å². The van der Waals surface area contributed by atoms with Gasteiger partial charge >= 0.3 is 7.37 Å². The number of benzene rings is 2. The Morgan fingerprint density at radius 2 is 1.48 bits per heavy atom. The van der Waals surface area contributed by atoms with E-state index in [1.54, 1.807) is 0 Å². The zero-order valence-electron chi connectivity index (χ0n) is 27.5. The lowest BCUT2D eigenvalue weighted by atomic mass is 9.87. The largest absolute Gasteiger partial charge is 0.421 e. The van der Waals surface area contributed by atoms with Gasteiger partial charge in [0.25, 0.3) is 0 Å². The van der Waals surface area contributed by atoms with E-state index in [1.807, 2.05) is 92.4 Å². The van der Waals surface area contributed by atoms with Crippen molar-refractivity contribution in [3.8, 4) is 0 Å². The topological polar surface area (TPSA) is 68.2 Å². The summed E-state index contributed by atoms with van der Waals surface area (Å²) < 4.78 is 34.8. The number of rotatable bonds is 11. The highest BCUT2D eigenvalue weighted by atomic mass is 31.2. The molecule has 3 rings (SSSR count). The minimum absolute atomic E-state index is 0.0299. The van der Waals surface area contributed by atoms with Crippen molar-refractivity contribution in [3.05, 3.63) is 72.6 Å². The molecular weight excluding hydrogens is 561 g/mol. The van der Waals surface area contributed by atoms with Crippen LogP contribution in [0.4, 0.5) is 0 Å². The van der Waals surface area contributed by atoms with E-state index in [0.717, 1.165) is 19.3 Å². The van der Waals surface area contributed by atoms with E-state index >= 15 is 4.57 Å². The second-order valence-electron chi connectivity index (χ2n) is 14.4. The van der Waals surface area contributed by atoms with Gasteiger partial charge in [0.15, 0.2) is 14.2 Å². The summed E-state index contributed by atoms with van der Waals surface area (Å²) in [6.45, 7) is 21.8. The van der Waals surface area contributed by atoms with Crippen LogP contribution >= 0.6 is 7.37 Å². The molecule has 234 valence electrons. The van der Waals surface area contributed by atoms with Crippen LogP contribution in [0.3, 0.4) is 0 Å². The van der Waals surface area contributed by atoms with E-state index in [4.69, 9.17) is 13.7 Å². The summed E-state index contributed by atoms with van der Waals surface area (Å²) in [7, 11) is -5.73. The van der Waals surface area contributed by atoms with E-state index in [2.05, 4.69) is 47.7 Å². The number of hydrogen-bond acceptors (Lipinski definition) is 6. The molecule has 1 heterocycles. The fourth-order valence-electron chi connectivity index (χ4n) is 5.08. The van der Waals surface area contributed by atoms with Gasteiger partial charge in [-0.05, 0) is 100 Å². The molecule has 8 heteroatoms. The Kier molecular flexibility index (Phi) is 11.4. The maximum atomic E-state index is 15.0. The molecule has 0 amide bonds. The Balaban J connectivity index is 2.15. The number of nitrogens with zero attached hydrogens (tertiary/aromatic N) is 1. The van der Waals surface area contributed by atoms with E-state index < -0.39 is 27.7 Å². The molecule has 3 atom stereocenters. The normalized spacial score (nSPS) is 19.8. The first-order valence-corrected chi connectivity index (χ1v) is 19.9. The summed E-state index contributed by atoms with van der Waals surface area (Å²) >= 11 is 0. The van der Waals surface area contributed by atoms with Crippen LogP contribution in [0.1, 0.15) is 74.7 Å². The van der Waals surface area contributed by atoms with Gasteiger partial charge in [-0.2, -0.15) is 0 Å². The maximum Gasteiger partial charge on any atom is 0.307 e. The number of hydrogen-bond donors (Lipinski definition) is 1. The van der Waals surface area contributed by atoms with Gasteiger partial charge in [0.1, 0.15) is 0 Å². The molecule has 0 aliphatic carbocycles. The van der Waals surface area contributed by atoms with Crippen LogP contribution in [0.15, 0.2) is 72.6 Å². The van der Waals surface area contributed by atoms with Crippen LogP contribution in [0.25, 0.3) is 0 Å². The van der Waals surface area contributed by atoms with Gasteiger partial charge in [-0.25, -0.2) is 0 Å². The molecule has 0 radical (unpaired) electrons. The van der Waals surface area contributed by atoms with Crippen molar-refractivity contribution in [3.63, 3.8) is 0 Å². The standard InChI is InChI=1S/C34H54NO5PSi/c1-26(2)24-27-18-17-23-31(40-41(37,28-19-13-11-14-20-28)29-21-15-12-16-22-29)35(32(36)39-33(3,4)5)30(27)25-38-42(9,10)34(6,7)8/h11-16,19-23,26-27,30,32,36H,17-18,24-25H2,1-10H3. The number of aliphatic hydroxyl groups is 1. The molecule has 1 aliphatic heterocycles. The molecule has 1 N–H and O–H groups in total. The molecule has 2 aromatic rings. The van der Waals surface area contributed by atoms with Crippen LogP contribution in [-0.2, 0) is 18.3 Å². The van der Waals surface area contributed by atoms with Crippen molar-refractivity contribution in [2.75, 3.05) is 6.61 Å². The molecule has 2 aromatic carbocycles. The lowest BCUT2D eigenvalue weighted by Crippen LogP contribution is -2.53. The fraction of sp³-hybridized carbons (Fsp3) is 0.588. The predicted molar refractivity (Wildman–Crippen MR) is 177 cm³/mol. The first-order valence-electron chi connectivity index (χ1n) is 15.3. The van der Waals surface area contributed by atoms with Crippen molar-refractivity contribution in [2.24, 2.45) is 11.8 Å². The summed E-state index contributed by atoms with van der Waals surface area (Å²) in [6, 6.07) is 18.4. The first kappa shape index (κ1) is 34.6. The molecular formula is C34H54NO5PSi. The average molecular weight is 616 g/mol. The fourth-order valence-corrected chi connectivity index (χ4v) is 8.17. The zero-order chi connectivity index (χ0) is 31.3. The van der Waals surface area contributed by atoms with E-state index in [9.17, 15) is 5.11 Å². The monoisotopic (exact) mass is 615 g/mol. The molecule has 0 bridgehead atoms. The van der Waals surface area contributed by atoms with Crippen molar-refractivity contribution in [2.45, 2.75) is 111 Å². The molecule has 3 unspecified atom stereocenters. The minimum atomic E-state index is -3.60. The summed E-state index contributed by atoms with van der Waals surface area (Å²) in [5, 5.41) is 13.0. The van der Waals surface area contributed by atoms with Gasteiger partial charge in [-0.3, -0.25) is 9.46 Å². The van der Waals surface area contributed by atoms with E-state index in [1.165, 1.54) is 0 Å². The van der Waals surface area contributed by atoms with Gasteiger partial charge in [0.05, 0.1) is 28.9 Å². The number of aliphatic hydroxyl groups excluding tert-OH is 1. The second-order valence-corrected chi connectivity index (χ2v) is 21.6. The molecule has 6 nitrogen and oxygen atoms in total. The average Bonchev–Trinajstić information content (AvgIpc) is 3.05. The highest BCUT2D eigenvalue weighted by Gasteiger charge is 2.44. The molecule has 0 fully saturated rings. The summed E-state index contributed by atoms with van der Waals surface area (Å²) in [5.41, 5.74) is -0.627. The first-order chi connectivity index (χ1) is 19.4. The molecule has 0 aromatic heterocycles. The van der Waals surface area contributed by atoms with Gasteiger partial charge < -0.3 is 18.8 Å². The van der Waals surface area contributed by atoms with Crippen LogP contribution < -0.4 is 10.6 Å². The maximum absolute atomic E-state index is 15.0. The van der Waals surface area contributed by atoms with Crippen molar-refractivity contribution in [1.29, 1.82) is 0 Å².